The van der Waals surface area contributed by atoms with Gasteiger partial charge in [-0.05, 0) is 119 Å². The molecule has 2 fully saturated rings. The van der Waals surface area contributed by atoms with Crippen molar-refractivity contribution in [2.24, 2.45) is 67.6 Å². The number of ketones is 3. The Labute approximate surface area is 877 Å². The van der Waals surface area contributed by atoms with Crippen molar-refractivity contribution >= 4 is 62.8 Å². The van der Waals surface area contributed by atoms with Gasteiger partial charge in [0.05, 0.1) is 42.4 Å². The minimum atomic E-state index is -3.09. The van der Waals surface area contributed by atoms with E-state index in [0.717, 1.165) is 28.6 Å². The number of Topliss-reactive ketones (excluding diaryl/α,β-unsaturated/α-hetero) is 3. The van der Waals surface area contributed by atoms with Gasteiger partial charge in [-0.25, -0.2) is 32.8 Å². The van der Waals surface area contributed by atoms with Crippen molar-refractivity contribution in [3.63, 3.8) is 0 Å². The van der Waals surface area contributed by atoms with E-state index in [2.05, 4.69) is 243 Å². The summed E-state index contributed by atoms with van der Waals surface area (Å²) in [5, 5.41) is 23.0. The van der Waals surface area contributed by atoms with E-state index in [1.807, 2.05) is 226 Å². The summed E-state index contributed by atoms with van der Waals surface area (Å²) < 4.78 is 32.2. The molecule has 6 amide bonds. The molecule has 28 heteroatoms. The molecule has 141 heavy (non-hydrogen) atoms. The van der Waals surface area contributed by atoms with Gasteiger partial charge in [-0.1, -0.05) is 410 Å². The molecule has 0 radical (unpaired) electrons. The van der Waals surface area contributed by atoms with Gasteiger partial charge in [0.2, 0.25) is 45.5 Å². The molecule has 27 nitrogen and oxygen atoms in total. The van der Waals surface area contributed by atoms with Crippen LogP contribution in [0.4, 0.5) is 0 Å². The molecule has 4 N–H and O–H groups in total. The van der Waals surface area contributed by atoms with Crippen molar-refractivity contribution in [1.82, 2.24) is 75.4 Å². The van der Waals surface area contributed by atoms with Crippen LogP contribution in [0.1, 0.15) is 506 Å². The molecule has 2 aliphatic heterocycles. The fraction of sp³-hybridized carbons (Fsp3) is 0.858. The minimum absolute atomic E-state index is 0.00556. The minimum Gasteiger partial charge on any atom is -0.379 e. The monoisotopic (exact) mass is 2040 g/mol. The summed E-state index contributed by atoms with van der Waals surface area (Å²) in [6.07, 6.45) is 18.0. The van der Waals surface area contributed by atoms with Crippen molar-refractivity contribution < 1.29 is 56.3 Å². The van der Waals surface area contributed by atoms with Crippen LogP contribution in [-0.4, -0.2) is 181 Å². The quantitative estimate of drug-likeness (QED) is 0.0603. The van der Waals surface area contributed by atoms with Gasteiger partial charge in [0.15, 0.2) is 5.78 Å². The van der Waals surface area contributed by atoms with Crippen LogP contribution in [0.2, 0.25) is 0 Å². The zero-order valence-electron chi connectivity index (χ0n) is 106. The second-order valence-electron chi connectivity index (χ2n) is 44.1. The summed E-state index contributed by atoms with van der Waals surface area (Å²) in [4.78, 5) is 118. The SMILES string of the molecule is CC.CC.CC.CC.CC.CC.CC.CC.CC.CC.CC(=O)C(C)(C)C.CC(C)(C)C.CC(C)(C)C.CC(C)(C)Cc1ncncn1.CC(C)(C)n1ccnn1.CC1CC(=O)N(CCC(=O)NCC(=O)CC(C)(C)C)C1=O.CC1CC(=O)N(CCC(=O)NCCOCCC(=O)CC(C)(C)C)C1=O.CCC.CCC(C)(C)C.CCCC(C)(C)C.CNCC(C)(C)C.CNS(=O)(=O)C(C)(C)C.Cn1ccnn1. The lowest BCUT2D eigenvalue weighted by Crippen LogP contribution is -2.37. The molecule has 5 rings (SSSR count). The number of nitrogens with one attached hydrogen (secondary N) is 4. The molecule has 0 bridgehead atoms. The van der Waals surface area contributed by atoms with Crippen LogP contribution in [0, 0.1) is 60.6 Å². The van der Waals surface area contributed by atoms with E-state index in [1.165, 1.54) is 45.4 Å². The fourth-order valence-corrected chi connectivity index (χ4v) is 8.71. The molecule has 2 saturated heterocycles. The largest absolute Gasteiger partial charge is 0.379 e. The molecule has 850 valence electrons. The topological polar surface area (TPSA) is 352 Å². The van der Waals surface area contributed by atoms with Gasteiger partial charge in [-0.2, -0.15) is 0 Å². The summed E-state index contributed by atoms with van der Waals surface area (Å²) >= 11 is 0. The molecule has 0 spiro atoms. The highest BCUT2D eigenvalue weighted by atomic mass is 32.2. The van der Waals surface area contributed by atoms with Crippen molar-refractivity contribution in [2.45, 2.75) is 517 Å². The maximum Gasteiger partial charge on any atom is 0.232 e. The Bertz CT molecular complexity index is 3310. The highest BCUT2D eigenvalue weighted by Crippen LogP contribution is 2.24. The van der Waals surface area contributed by atoms with E-state index < -0.39 is 14.8 Å². The van der Waals surface area contributed by atoms with E-state index in [9.17, 15) is 51.6 Å². The van der Waals surface area contributed by atoms with Crippen LogP contribution in [0.5, 0.6) is 0 Å². The number of hydrogen-bond acceptors (Lipinski definition) is 20. The van der Waals surface area contributed by atoms with Gasteiger partial charge >= 0.3 is 0 Å². The lowest BCUT2D eigenvalue weighted by molar-refractivity contribution is -0.141. The zero-order valence-corrected chi connectivity index (χ0v) is 107. The maximum atomic E-state index is 11.7. The number of amides is 6. The van der Waals surface area contributed by atoms with E-state index >= 15 is 0 Å². The number of sulfonamides is 1. The predicted octanol–water partition coefficient (Wildman–Crippen LogP) is 28.8. The van der Waals surface area contributed by atoms with Gasteiger partial charge in [0.25, 0.3) is 0 Å². The third-order valence-electron chi connectivity index (χ3n) is 14.9. The first kappa shape index (κ1) is 176. The van der Waals surface area contributed by atoms with Gasteiger partial charge < -0.3 is 20.7 Å². The van der Waals surface area contributed by atoms with E-state index in [4.69, 9.17) is 4.74 Å². The molecular weight excluding hydrogens is 1790 g/mol. The van der Waals surface area contributed by atoms with Crippen molar-refractivity contribution in [3.8, 4) is 0 Å². The number of carbonyl (C=O) groups excluding carboxylic acids is 9. The molecule has 0 aliphatic carbocycles. The number of rotatable bonds is 20. The van der Waals surface area contributed by atoms with E-state index in [-0.39, 0.29) is 137 Å². The first-order chi connectivity index (χ1) is 64.1. The molecule has 3 aromatic rings. The summed E-state index contributed by atoms with van der Waals surface area (Å²) in [7, 11) is 2.14. The van der Waals surface area contributed by atoms with Crippen molar-refractivity contribution in [3.05, 3.63) is 43.3 Å². The average molecular weight is 2040 g/mol. The van der Waals surface area contributed by atoms with Crippen LogP contribution in [0.3, 0.4) is 0 Å². The summed E-state index contributed by atoms with van der Waals surface area (Å²) in [5.74, 6) is -0.761. The number of imide groups is 2. The maximum absolute atomic E-state index is 11.7. The first-order valence-electron chi connectivity index (χ1n) is 53.3. The Morgan fingerprint density at radius 1 is 0.454 bits per heavy atom. The molecule has 5 heterocycles. The Balaban J connectivity index is -0.0000000742. The van der Waals surface area contributed by atoms with Gasteiger partial charge in [-0.15, -0.1) is 10.2 Å². The lowest BCUT2D eigenvalue weighted by atomic mass is 9.89. The number of carbonyl (C=O) groups is 9. The Morgan fingerprint density at radius 3 is 0.972 bits per heavy atom. The molecule has 2 atom stereocenters. The van der Waals surface area contributed by atoms with Gasteiger partial charge in [0.1, 0.15) is 30.0 Å². The second kappa shape index (κ2) is 103. The van der Waals surface area contributed by atoms with Crippen LogP contribution < -0.4 is 20.7 Å². The highest BCUT2D eigenvalue weighted by molar-refractivity contribution is 7.90. The first-order valence-corrected chi connectivity index (χ1v) is 54.8. The summed E-state index contributed by atoms with van der Waals surface area (Å²) in [6, 6.07) is 0. The molecule has 0 aromatic carbocycles. The van der Waals surface area contributed by atoms with E-state index in [1.54, 1.807) is 64.8 Å². The molecule has 2 unspecified atom stereocenters. The third kappa shape index (κ3) is 156. The number of nitrogens with zero attached hydrogens (tertiary/aromatic N) is 11. The normalized spacial score (nSPS) is 12.6. The lowest BCUT2D eigenvalue weighted by Gasteiger charge is -2.17. The second-order valence-corrected chi connectivity index (χ2v) is 46.7. The van der Waals surface area contributed by atoms with Crippen LogP contribution in [-0.2, 0) is 76.9 Å². The fourth-order valence-electron chi connectivity index (χ4n) is 8.10. The number of likely N-dealkylation sites (tertiary alicyclic amines) is 2. The van der Waals surface area contributed by atoms with Crippen LogP contribution in [0.15, 0.2) is 37.4 Å². The van der Waals surface area contributed by atoms with Gasteiger partial charge in [0, 0.05) is 108 Å². The molecular formula is C113H245N15O12S. The predicted molar refractivity (Wildman–Crippen MR) is 614 cm³/mol. The molecule has 0 saturated carbocycles. The average Bonchev–Trinajstić information content (AvgIpc) is 1.70. The number of aromatic nitrogens is 9. The molecule has 3 aromatic heterocycles. The Morgan fingerprint density at radius 2 is 0.780 bits per heavy atom. The molecule has 2 aliphatic rings. The number of ether oxygens (including phenoxy) is 1. The number of aryl methyl sites for hydroxylation is 1. The smallest absolute Gasteiger partial charge is 0.232 e. The highest BCUT2D eigenvalue weighted by Gasteiger charge is 2.37. The summed E-state index contributed by atoms with van der Waals surface area (Å²) in [5.41, 5.74) is 2.59. The van der Waals surface area contributed by atoms with E-state index in [0.29, 0.717) is 66.1 Å². The Hall–Kier alpha value is -6.65. The number of hydrogen-bond donors (Lipinski definition) is 4. The third-order valence-corrected chi connectivity index (χ3v) is 17.0. The standard InChI is InChI=1S/C18H30N2O5.C15H24N2O4.C8H13N3.C7H16.C6H11N3.C6H15N.C6H12O.C6H14.C5H13NO2S.2C5H12.C3H5N3.C3H8.10C2H6/c1-13-11-16(23)20(17(13)24)8-5-15(22)19-7-10-25-9-6-14(21)12-18(2,3)4;1-10-7-13(20)17(14(10)21)6-5-12(19)16-9-11(18)8-15(2,3)4;1-8(2,3)4-7-10-5-9-6-11-7;1-5-6-7(2,3)4;1-6(2,3)9-5-4-7-8-9;1-6(2,3)5-7-4;1-5(7)6(2,3)4;1-5-6(2,3)4;1-5(2,3)9(7,8)6-4;2*1-5(2,3)4;1-6-3-2-4-5-6;1-3-2;10*1-2/h13H,5-12H2,1-4H3,(H,19,22);10H,5-9H2,1-4H3,(H,16,19);5-6H,4H2,1-3H3;5-6H2,1-4H3;4-5H,1-3H3;7H,5H2,1-4H3;1-4H3;5H2,1-4H3;6H,1-4H3;2*1-4H3;2-3H,1H3;3H2,1-2H3;10*1-2H3. The van der Waals surface area contributed by atoms with Gasteiger partial charge in [-0.3, -0.25) is 57.6 Å². The van der Waals surface area contributed by atoms with Crippen molar-refractivity contribution in [2.75, 3.05) is 60.0 Å². The van der Waals surface area contributed by atoms with Crippen LogP contribution >= 0.6 is 0 Å². The Kier molecular flexibility index (Phi) is 129. The van der Waals surface area contributed by atoms with Crippen molar-refractivity contribution in [1.29, 1.82) is 0 Å². The van der Waals surface area contributed by atoms with Crippen LogP contribution in [0.25, 0.3) is 0 Å². The zero-order chi connectivity index (χ0) is 117. The summed E-state index contributed by atoms with van der Waals surface area (Å²) in [6.45, 7) is 129.